The van der Waals surface area contributed by atoms with Crippen molar-refractivity contribution in [3.05, 3.63) is 59.7 Å². The van der Waals surface area contributed by atoms with Crippen molar-refractivity contribution in [2.24, 2.45) is 5.73 Å². The number of hydrogen-bond acceptors (Lipinski definition) is 3. The average Bonchev–Trinajstić information content (AvgIpc) is 2.46. The summed E-state index contributed by atoms with van der Waals surface area (Å²) in [6.45, 7) is 2.01. The summed E-state index contributed by atoms with van der Waals surface area (Å²) >= 11 is 0. The number of primary amides is 1. The Balaban J connectivity index is 2.13. The molecule has 1 aromatic carbocycles. The molecule has 0 saturated heterocycles. The predicted octanol–water partition coefficient (Wildman–Crippen LogP) is 2.88. The molecule has 1 aromatic heterocycles. The summed E-state index contributed by atoms with van der Waals surface area (Å²) in [6, 6.07) is 9.93. The minimum Gasteiger partial charge on any atom is -0.377 e. The summed E-state index contributed by atoms with van der Waals surface area (Å²) < 4.78 is 12.9. The van der Waals surface area contributed by atoms with Gasteiger partial charge in [0, 0.05) is 11.3 Å². The fourth-order valence-electron chi connectivity index (χ4n) is 1.91. The number of hydrogen-bond donors (Lipinski definition) is 2. The number of benzene rings is 1. The number of aromatic nitrogens is 1. The number of nitrogens with one attached hydrogen (secondary N) is 1. The minimum atomic E-state index is -0.455. The topological polar surface area (TPSA) is 68.0 Å². The molecule has 0 aliphatic rings. The summed E-state index contributed by atoms with van der Waals surface area (Å²) in [6.07, 6.45) is 2.01. The first-order valence-corrected chi connectivity index (χ1v) is 6.38. The van der Waals surface area contributed by atoms with Crippen molar-refractivity contribution in [3.8, 4) is 0 Å². The van der Waals surface area contributed by atoms with Gasteiger partial charge in [0.2, 0.25) is 5.91 Å². The van der Waals surface area contributed by atoms with E-state index in [1.807, 2.05) is 6.92 Å². The molecule has 0 aliphatic heterocycles. The highest BCUT2D eigenvalue weighted by Crippen LogP contribution is 2.21. The van der Waals surface area contributed by atoms with Crippen LogP contribution in [0.5, 0.6) is 0 Å². The first-order valence-electron chi connectivity index (χ1n) is 6.38. The van der Waals surface area contributed by atoms with Gasteiger partial charge in [-0.25, -0.2) is 4.39 Å². The molecular formula is C15H16FN3O. The Morgan fingerprint density at radius 1 is 1.30 bits per heavy atom. The number of halogens is 1. The molecule has 0 fully saturated rings. The molecule has 20 heavy (non-hydrogen) atoms. The van der Waals surface area contributed by atoms with Gasteiger partial charge in [0.1, 0.15) is 5.82 Å². The molecule has 104 valence electrons. The van der Waals surface area contributed by atoms with Gasteiger partial charge in [0.25, 0.3) is 0 Å². The number of carbonyl (C=O) groups is 1. The van der Waals surface area contributed by atoms with Crippen molar-refractivity contribution in [2.75, 3.05) is 5.32 Å². The maximum atomic E-state index is 12.9. The van der Waals surface area contributed by atoms with Crippen LogP contribution in [0.2, 0.25) is 0 Å². The fourth-order valence-corrected chi connectivity index (χ4v) is 1.91. The second-order valence-corrected chi connectivity index (χ2v) is 4.45. The number of carbonyl (C=O) groups excluding carboxylic acids is 1. The van der Waals surface area contributed by atoms with Crippen molar-refractivity contribution in [1.82, 2.24) is 4.98 Å². The van der Waals surface area contributed by atoms with Crippen LogP contribution >= 0.6 is 0 Å². The summed E-state index contributed by atoms with van der Waals surface area (Å²) in [5.41, 5.74) is 7.28. The molecule has 0 bridgehead atoms. The Morgan fingerprint density at radius 3 is 2.50 bits per heavy atom. The van der Waals surface area contributed by atoms with E-state index >= 15 is 0 Å². The SMILES string of the molecule is CCC(Nc1ccc(C(N)=O)cc1)c1ccc(F)cn1. The molecule has 3 N–H and O–H groups in total. The molecule has 2 aromatic rings. The average molecular weight is 273 g/mol. The summed E-state index contributed by atoms with van der Waals surface area (Å²) in [5, 5.41) is 3.29. The van der Waals surface area contributed by atoms with E-state index in [1.165, 1.54) is 12.3 Å². The zero-order valence-electron chi connectivity index (χ0n) is 11.1. The van der Waals surface area contributed by atoms with E-state index in [0.717, 1.165) is 17.8 Å². The van der Waals surface area contributed by atoms with Gasteiger partial charge in [-0.1, -0.05) is 6.92 Å². The van der Waals surface area contributed by atoms with Crippen LogP contribution in [0.1, 0.15) is 35.4 Å². The molecule has 5 heteroatoms. The van der Waals surface area contributed by atoms with Crippen molar-refractivity contribution >= 4 is 11.6 Å². The van der Waals surface area contributed by atoms with Gasteiger partial charge < -0.3 is 11.1 Å². The molecule has 1 atom stereocenters. The van der Waals surface area contributed by atoms with Crippen LogP contribution in [0.25, 0.3) is 0 Å². The normalized spacial score (nSPS) is 11.9. The van der Waals surface area contributed by atoms with Gasteiger partial charge >= 0.3 is 0 Å². The smallest absolute Gasteiger partial charge is 0.248 e. The zero-order chi connectivity index (χ0) is 14.5. The van der Waals surface area contributed by atoms with Gasteiger partial charge in [0.05, 0.1) is 17.9 Å². The van der Waals surface area contributed by atoms with Crippen LogP contribution in [-0.2, 0) is 0 Å². The highest BCUT2D eigenvalue weighted by Gasteiger charge is 2.11. The maximum absolute atomic E-state index is 12.9. The number of pyridine rings is 1. The molecule has 2 rings (SSSR count). The van der Waals surface area contributed by atoms with Crippen LogP contribution in [0.3, 0.4) is 0 Å². The Kier molecular flexibility index (Phi) is 4.30. The van der Waals surface area contributed by atoms with Crippen molar-refractivity contribution in [3.63, 3.8) is 0 Å². The first-order chi connectivity index (χ1) is 9.60. The fraction of sp³-hybridized carbons (Fsp3) is 0.200. The molecule has 0 saturated carbocycles. The standard InChI is InChI=1S/C15H16FN3O/c1-2-13(14-8-5-11(16)9-18-14)19-12-6-3-10(4-7-12)15(17)20/h3-9,13,19H,2H2,1H3,(H2,17,20). The van der Waals surface area contributed by atoms with Crippen molar-refractivity contribution in [1.29, 1.82) is 0 Å². The number of amides is 1. The molecule has 1 amide bonds. The Hall–Kier alpha value is -2.43. The molecular weight excluding hydrogens is 257 g/mol. The largest absolute Gasteiger partial charge is 0.377 e. The third-order valence-electron chi connectivity index (χ3n) is 3.03. The third-order valence-corrected chi connectivity index (χ3v) is 3.03. The number of nitrogens with zero attached hydrogens (tertiary/aromatic N) is 1. The Bertz CT molecular complexity index is 581. The monoisotopic (exact) mass is 273 g/mol. The summed E-state index contributed by atoms with van der Waals surface area (Å²) in [7, 11) is 0. The lowest BCUT2D eigenvalue weighted by Gasteiger charge is -2.17. The van der Waals surface area contributed by atoms with Gasteiger partial charge in [0.15, 0.2) is 0 Å². The van der Waals surface area contributed by atoms with Crippen molar-refractivity contribution in [2.45, 2.75) is 19.4 Å². The lowest BCUT2D eigenvalue weighted by atomic mass is 10.1. The second-order valence-electron chi connectivity index (χ2n) is 4.45. The van der Waals surface area contributed by atoms with E-state index in [-0.39, 0.29) is 11.9 Å². The molecule has 1 unspecified atom stereocenters. The number of rotatable bonds is 5. The molecule has 1 heterocycles. The van der Waals surface area contributed by atoms with Crippen LogP contribution in [0.4, 0.5) is 10.1 Å². The van der Waals surface area contributed by atoms with E-state index in [2.05, 4.69) is 10.3 Å². The van der Waals surface area contributed by atoms with Crippen LogP contribution < -0.4 is 11.1 Å². The van der Waals surface area contributed by atoms with Crippen LogP contribution in [0, 0.1) is 5.82 Å². The van der Waals surface area contributed by atoms with Gasteiger partial charge in [-0.3, -0.25) is 9.78 Å². The van der Waals surface area contributed by atoms with Gasteiger partial charge in [-0.15, -0.1) is 0 Å². The van der Waals surface area contributed by atoms with Crippen LogP contribution in [0.15, 0.2) is 42.6 Å². The number of anilines is 1. The summed E-state index contributed by atoms with van der Waals surface area (Å²) in [5.74, 6) is -0.807. The van der Waals surface area contributed by atoms with Gasteiger partial charge in [-0.2, -0.15) is 0 Å². The van der Waals surface area contributed by atoms with Crippen molar-refractivity contribution < 1.29 is 9.18 Å². The highest BCUT2D eigenvalue weighted by atomic mass is 19.1. The molecule has 0 aliphatic carbocycles. The maximum Gasteiger partial charge on any atom is 0.248 e. The lowest BCUT2D eigenvalue weighted by Crippen LogP contribution is -2.13. The van der Waals surface area contributed by atoms with E-state index in [9.17, 15) is 9.18 Å². The zero-order valence-corrected chi connectivity index (χ0v) is 11.1. The lowest BCUT2D eigenvalue weighted by molar-refractivity contribution is 0.100. The third kappa shape index (κ3) is 3.32. The molecule has 0 radical (unpaired) electrons. The van der Waals surface area contributed by atoms with Crippen LogP contribution in [-0.4, -0.2) is 10.9 Å². The number of nitrogens with two attached hydrogens (primary N) is 1. The second kappa shape index (κ2) is 6.14. The predicted molar refractivity (Wildman–Crippen MR) is 75.8 cm³/mol. The quantitative estimate of drug-likeness (QED) is 0.880. The highest BCUT2D eigenvalue weighted by molar-refractivity contribution is 5.93. The first kappa shape index (κ1) is 14.0. The van der Waals surface area contributed by atoms with E-state index in [0.29, 0.717) is 5.56 Å². The van der Waals surface area contributed by atoms with E-state index < -0.39 is 5.91 Å². The Labute approximate surface area is 116 Å². The Morgan fingerprint density at radius 2 is 2.00 bits per heavy atom. The summed E-state index contributed by atoms with van der Waals surface area (Å²) in [4.78, 5) is 15.1. The molecule has 0 spiro atoms. The van der Waals surface area contributed by atoms with E-state index in [4.69, 9.17) is 5.73 Å². The molecule has 4 nitrogen and oxygen atoms in total. The minimum absolute atomic E-state index is 0.0185. The van der Waals surface area contributed by atoms with Gasteiger partial charge in [-0.05, 0) is 42.8 Å². The van der Waals surface area contributed by atoms with E-state index in [1.54, 1.807) is 30.3 Å².